The third-order valence-corrected chi connectivity index (χ3v) is 5.61. The monoisotopic (exact) mass is 222 g/mol. The lowest BCUT2D eigenvalue weighted by atomic mass is 9.62. The van der Waals surface area contributed by atoms with Gasteiger partial charge in [-0.3, -0.25) is 4.90 Å². The predicted molar refractivity (Wildman–Crippen MR) is 63.9 cm³/mol. The number of nitrogens with zero attached hydrogens (tertiary/aromatic N) is 2. The Labute approximate surface area is 97.5 Å². The van der Waals surface area contributed by atoms with Crippen LogP contribution in [0.4, 0.5) is 0 Å². The first-order valence-corrected chi connectivity index (χ1v) is 6.56. The minimum atomic E-state index is 0.394. The molecule has 3 aliphatic rings. The Morgan fingerprint density at radius 2 is 2.06 bits per heavy atom. The summed E-state index contributed by atoms with van der Waals surface area (Å²) < 4.78 is 0. The second-order valence-corrected chi connectivity index (χ2v) is 6.42. The van der Waals surface area contributed by atoms with Gasteiger partial charge in [0.25, 0.3) is 0 Å². The van der Waals surface area contributed by atoms with Crippen molar-refractivity contribution < 1.29 is 5.21 Å². The Balaban J connectivity index is 2.02. The lowest BCUT2D eigenvalue weighted by Gasteiger charge is -2.43. The van der Waals surface area contributed by atoms with Gasteiger partial charge in [0.2, 0.25) is 0 Å². The standard InChI is InChI=1S/C13H22N2O/c1-12(2)5-3-6-13(12)7-9-15-8-4-10(14-16)11(13)15/h11,16H,3-9H2,1-2H3/b14-10+/t11-,13+/m0/s1. The average molecular weight is 222 g/mol. The van der Waals surface area contributed by atoms with Crippen LogP contribution in [-0.2, 0) is 0 Å². The van der Waals surface area contributed by atoms with Crippen LogP contribution in [0.3, 0.4) is 0 Å². The molecule has 1 spiro atoms. The Kier molecular flexibility index (Phi) is 2.13. The maximum atomic E-state index is 9.19. The van der Waals surface area contributed by atoms with Gasteiger partial charge < -0.3 is 5.21 Å². The highest BCUT2D eigenvalue weighted by Gasteiger charge is 2.60. The van der Waals surface area contributed by atoms with Gasteiger partial charge in [-0.1, -0.05) is 25.4 Å². The Bertz CT molecular complexity index is 337. The van der Waals surface area contributed by atoms with Crippen LogP contribution in [-0.4, -0.2) is 35.0 Å². The Morgan fingerprint density at radius 3 is 2.69 bits per heavy atom. The van der Waals surface area contributed by atoms with Crippen molar-refractivity contribution in [3.8, 4) is 0 Å². The fourth-order valence-electron chi connectivity index (χ4n) is 4.63. The second-order valence-electron chi connectivity index (χ2n) is 6.42. The molecule has 0 bridgehead atoms. The van der Waals surface area contributed by atoms with Crippen LogP contribution in [0.1, 0.15) is 46.0 Å². The van der Waals surface area contributed by atoms with Gasteiger partial charge in [-0.25, -0.2) is 0 Å². The van der Waals surface area contributed by atoms with Gasteiger partial charge in [-0.05, 0) is 36.6 Å². The normalized spacial score (nSPS) is 44.6. The Hall–Kier alpha value is -0.570. The fraction of sp³-hybridized carbons (Fsp3) is 0.923. The molecule has 0 aromatic rings. The van der Waals surface area contributed by atoms with E-state index in [1.54, 1.807) is 0 Å². The van der Waals surface area contributed by atoms with Crippen LogP contribution in [0.2, 0.25) is 0 Å². The summed E-state index contributed by atoms with van der Waals surface area (Å²) in [5.41, 5.74) is 1.85. The number of fused-ring (bicyclic) bond motifs is 2. The molecule has 0 radical (unpaired) electrons. The molecule has 3 rings (SSSR count). The van der Waals surface area contributed by atoms with E-state index in [0.29, 0.717) is 16.9 Å². The van der Waals surface area contributed by atoms with E-state index < -0.39 is 0 Å². The molecule has 2 saturated heterocycles. The Morgan fingerprint density at radius 1 is 1.25 bits per heavy atom. The SMILES string of the molecule is CC1(C)CCC[C@]12CCN1CC/C(=N\O)[C@H]12. The summed E-state index contributed by atoms with van der Waals surface area (Å²) in [6.45, 7) is 7.13. The molecule has 0 unspecified atom stereocenters. The van der Waals surface area contributed by atoms with Gasteiger partial charge in [-0.2, -0.15) is 0 Å². The minimum absolute atomic E-state index is 0.394. The molecule has 2 aliphatic heterocycles. The van der Waals surface area contributed by atoms with Gasteiger partial charge in [0.05, 0.1) is 11.8 Å². The molecule has 0 aromatic heterocycles. The number of hydrogen-bond acceptors (Lipinski definition) is 3. The van der Waals surface area contributed by atoms with E-state index in [1.165, 1.54) is 32.2 Å². The van der Waals surface area contributed by atoms with Gasteiger partial charge in [0.1, 0.15) is 0 Å². The molecular weight excluding hydrogens is 200 g/mol. The largest absolute Gasteiger partial charge is 0.411 e. The van der Waals surface area contributed by atoms with Gasteiger partial charge >= 0.3 is 0 Å². The minimum Gasteiger partial charge on any atom is -0.411 e. The number of oxime groups is 1. The van der Waals surface area contributed by atoms with Gasteiger partial charge in [0.15, 0.2) is 0 Å². The highest BCUT2D eigenvalue weighted by Crippen LogP contribution is 2.61. The molecule has 3 heteroatoms. The van der Waals surface area contributed by atoms with Crippen molar-refractivity contribution in [2.24, 2.45) is 16.0 Å². The van der Waals surface area contributed by atoms with Crippen molar-refractivity contribution in [3.05, 3.63) is 0 Å². The molecule has 2 heterocycles. The quantitative estimate of drug-likeness (QED) is 0.505. The van der Waals surface area contributed by atoms with Crippen molar-refractivity contribution >= 4 is 5.71 Å². The lowest BCUT2D eigenvalue weighted by molar-refractivity contribution is 0.0944. The molecule has 0 amide bonds. The van der Waals surface area contributed by atoms with Crippen molar-refractivity contribution in [2.75, 3.05) is 13.1 Å². The fourth-order valence-corrected chi connectivity index (χ4v) is 4.63. The van der Waals surface area contributed by atoms with Crippen molar-refractivity contribution in [3.63, 3.8) is 0 Å². The molecule has 3 nitrogen and oxygen atoms in total. The van der Waals surface area contributed by atoms with E-state index in [4.69, 9.17) is 0 Å². The molecule has 0 aromatic carbocycles. The molecule has 3 fully saturated rings. The van der Waals surface area contributed by atoms with Crippen molar-refractivity contribution in [2.45, 2.75) is 52.0 Å². The van der Waals surface area contributed by atoms with Gasteiger partial charge in [-0.15, -0.1) is 0 Å². The van der Waals surface area contributed by atoms with Crippen molar-refractivity contribution in [1.29, 1.82) is 0 Å². The number of rotatable bonds is 0. The zero-order valence-electron chi connectivity index (χ0n) is 10.4. The van der Waals surface area contributed by atoms with Crippen LogP contribution in [0.25, 0.3) is 0 Å². The molecule has 2 atom stereocenters. The van der Waals surface area contributed by atoms with E-state index in [0.717, 1.165) is 18.7 Å². The van der Waals surface area contributed by atoms with Crippen LogP contribution in [0, 0.1) is 10.8 Å². The van der Waals surface area contributed by atoms with Crippen LogP contribution >= 0.6 is 0 Å². The number of hydrogen-bond donors (Lipinski definition) is 1. The summed E-state index contributed by atoms with van der Waals surface area (Å²) in [6, 6.07) is 0.440. The molecule has 90 valence electrons. The molecule has 16 heavy (non-hydrogen) atoms. The molecular formula is C13H22N2O. The highest BCUT2D eigenvalue weighted by molar-refractivity contribution is 5.92. The summed E-state index contributed by atoms with van der Waals surface area (Å²) in [7, 11) is 0. The topological polar surface area (TPSA) is 35.8 Å². The van der Waals surface area contributed by atoms with E-state index >= 15 is 0 Å². The second kappa shape index (κ2) is 3.22. The maximum absolute atomic E-state index is 9.19. The molecule has 1 N–H and O–H groups in total. The van der Waals surface area contributed by atoms with Crippen molar-refractivity contribution in [1.82, 2.24) is 4.90 Å². The summed E-state index contributed by atoms with van der Waals surface area (Å²) in [5.74, 6) is 0. The predicted octanol–water partition coefficient (Wildman–Crippen LogP) is 2.49. The highest BCUT2D eigenvalue weighted by atomic mass is 16.4. The van der Waals surface area contributed by atoms with Crippen LogP contribution in [0.15, 0.2) is 5.16 Å². The summed E-state index contributed by atoms with van der Waals surface area (Å²) in [5, 5.41) is 12.8. The van der Waals surface area contributed by atoms with E-state index in [2.05, 4.69) is 23.9 Å². The van der Waals surface area contributed by atoms with Crippen LogP contribution in [0.5, 0.6) is 0 Å². The van der Waals surface area contributed by atoms with E-state index in [-0.39, 0.29) is 0 Å². The summed E-state index contributed by atoms with van der Waals surface area (Å²) in [4.78, 5) is 2.54. The maximum Gasteiger partial charge on any atom is 0.0760 e. The lowest BCUT2D eigenvalue weighted by Crippen LogP contribution is -2.46. The first-order valence-electron chi connectivity index (χ1n) is 6.56. The zero-order chi connectivity index (χ0) is 11.4. The molecule has 1 saturated carbocycles. The molecule has 1 aliphatic carbocycles. The van der Waals surface area contributed by atoms with Crippen LogP contribution < -0.4 is 0 Å². The van der Waals surface area contributed by atoms with E-state index in [1.807, 2.05) is 0 Å². The average Bonchev–Trinajstić information content (AvgIpc) is 2.85. The smallest absolute Gasteiger partial charge is 0.0760 e. The third-order valence-electron chi connectivity index (χ3n) is 5.61. The summed E-state index contributed by atoms with van der Waals surface area (Å²) in [6.07, 6.45) is 6.26. The first kappa shape index (κ1) is 10.6. The summed E-state index contributed by atoms with van der Waals surface area (Å²) >= 11 is 0. The first-order chi connectivity index (χ1) is 7.61. The van der Waals surface area contributed by atoms with E-state index in [9.17, 15) is 5.21 Å². The van der Waals surface area contributed by atoms with Gasteiger partial charge in [0, 0.05) is 13.0 Å². The third kappa shape index (κ3) is 1.10. The zero-order valence-corrected chi connectivity index (χ0v) is 10.4.